The van der Waals surface area contributed by atoms with E-state index in [1.54, 1.807) is 18.5 Å². The van der Waals surface area contributed by atoms with Gasteiger partial charge in [-0.15, -0.1) is 0 Å². The lowest BCUT2D eigenvalue weighted by Gasteiger charge is -2.14. The van der Waals surface area contributed by atoms with Crippen LogP contribution in [0.15, 0.2) is 48.8 Å². The zero-order valence-electron chi connectivity index (χ0n) is 9.80. The highest BCUT2D eigenvalue weighted by atomic mass is 16.3. The summed E-state index contributed by atoms with van der Waals surface area (Å²) < 4.78 is 0. The maximum Gasteiger partial charge on any atom is 0.120 e. The van der Waals surface area contributed by atoms with Gasteiger partial charge < -0.3 is 10.4 Å². The van der Waals surface area contributed by atoms with E-state index in [0.29, 0.717) is 12.3 Å². The van der Waals surface area contributed by atoms with Gasteiger partial charge in [-0.25, -0.2) is 0 Å². The van der Waals surface area contributed by atoms with Crippen molar-refractivity contribution >= 4 is 0 Å². The van der Waals surface area contributed by atoms with Crippen LogP contribution in [-0.2, 0) is 6.54 Å². The summed E-state index contributed by atoms with van der Waals surface area (Å²) in [7, 11) is 0. The van der Waals surface area contributed by atoms with E-state index < -0.39 is 0 Å². The largest absolute Gasteiger partial charge is 0.508 e. The van der Waals surface area contributed by atoms with Crippen molar-refractivity contribution in [3.8, 4) is 5.75 Å². The molecule has 2 rings (SSSR count). The predicted molar refractivity (Wildman–Crippen MR) is 67.6 cm³/mol. The molecule has 0 radical (unpaired) electrons. The molecule has 3 nitrogen and oxygen atoms in total. The number of nitrogens with one attached hydrogen (secondary N) is 1. The standard InChI is InChI=1S/C14H16N2O/c1-11(12-6-8-15-9-7-12)16-10-13-4-2-3-5-14(13)17/h2-9,11,16-17H,10H2,1H3. The molecule has 0 saturated carbocycles. The molecule has 1 aromatic carbocycles. The van der Waals surface area contributed by atoms with Gasteiger partial charge in [0.05, 0.1) is 0 Å². The van der Waals surface area contributed by atoms with Crippen molar-refractivity contribution < 1.29 is 5.11 Å². The molecule has 2 aromatic rings. The smallest absolute Gasteiger partial charge is 0.120 e. The third-order valence-corrected chi connectivity index (χ3v) is 2.80. The number of hydrogen-bond donors (Lipinski definition) is 2. The third-order valence-electron chi connectivity index (χ3n) is 2.80. The lowest BCUT2D eigenvalue weighted by molar-refractivity contribution is 0.460. The number of aromatic hydroxyl groups is 1. The molecular weight excluding hydrogens is 212 g/mol. The summed E-state index contributed by atoms with van der Waals surface area (Å²) in [5.74, 6) is 0.335. The lowest BCUT2D eigenvalue weighted by atomic mass is 10.1. The van der Waals surface area contributed by atoms with Crippen molar-refractivity contribution in [2.24, 2.45) is 0 Å². The van der Waals surface area contributed by atoms with E-state index in [9.17, 15) is 5.11 Å². The first-order valence-corrected chi connectivity index (χ1v) is 5.67. The zero-order chi connectivity index (χ0) is 12.1. The van der Waals surface area contributed by atoms with Crippen LogP contribution in [0.25, 0.3) is 0 Å². The van der Waals surface area contributed by atoms with Crippen LogP contribution in [-0.4, -0.2) is 10.1 Å². The Morgan fingerprint density at radius 1 is 1.18 bits per heavy atom. The van der Waals surface area contributed by atoms with E-state index in [-0.39, 0.29) is 6.04 Å². The van der Waals surface area contributed by atoms with Gasteiger partial charge in [-0.1, -0.05) is 18.2 Å². The number of para-hydroxylation sites is 1. The Bertz CT molecular complexity index is 471. The second-order valence-corrected chi connectivity index (χ2v) is 4.01. The molecule has 1 unspecified atom stereocenters. The molecule has 0 aliphatic rings. The summed E-state index contributed by atoms with van der Waals surface area (Å²) in [6, 6.07) is 11.6. The number of rotatable bonds is 4. The minimum atomic E-state index is 0.234. The summed E-state index contributed by atoms with van der Waals surface area (Å²) in [6.07, 6.45) is 3.57. The number of benzene rings is 1. The maximum atomic E-state index is 9.64. The van der Waals surface area contributed by atoms with Crippen LogP contribution in [0.3, 0.4) is 0 Å². The molecule has 1 heterocycles. The number of phenols is 1. The molecule has 0 spiro atoms. The fourth-order valence-electron chi connectivity index (χ4n) is 1.69. The number of pyridine rings is 1. The first kappa shape index (κ1) is 11.6. The van der Waals surface area contributed by atoms with E-state index in [4.69, 9.17) is 0 Å². The van der Waals surface area contributed by atoms with Gasteiger partial charge >= 0.3 is 0 Å². The van der Waals surface area contributed by atoms with Crippen LogP contribution in [0.5, 0.6) is 5.75 Å². The molecule has 0 amide bonds. The van der Waals surface area contributed by atoms with Crippen molar-refractivity contribution in [2.45, 2.75) is 19.5 Å². The first-order valence-electron chi connectivity index (χ1n) is 5.67. The van der Waals surface area contributed by atoms with Gasteiger partial charge in [0.15, 0.2) is 0 Å². The molecule has 0 aliphatic carbocycles. The van der Waals surface area contributed by atoms with E-state index in [2.05, 4.69) is 17.2 Å². The topological polar surface area (TPSA) is 45.1 Å². The quantitative estimate of drug-likeness (QED) is 0.845. The van der Waals surface area contributed by atoms with Crippen molar-refractivity contribution in [3.63, 3.8) is 0 Å². The van der Waals surface area contributed by atoms with Crippen LogP contribution >= 0.6 is 0 Å². The SMILES string of the molecule is CC(NCc1ccccc1O)c1ccncc1. The number of hydrogen-bond acceptors (Lipinski definition) is 3. The van der Waals surface area contributed by atoms with Crippen LogP contribution in [0, 0.1) is 0 Å². The second kappa shape index (κ2) is 5.46. The summed E-state index contributed by atoms with van der Waals surface area (Å²) in [4.78, 5) is 3.99. The molecule has 1 aromatic heterocycles. The molecule has 0 aliphatic heterocycles. The van der Waals surface area contributed by atoms with Crippen molar-refractivity contribution in [1.29, 1.82) is 0 Å². The van der Waals surface area contributed by atoms with Crippen LogP contribution < -0.4 is 5.32 Å². The molecule has 17 heavy (non-hydrogen) atoms. The Hall–Kier alpha value is -1.87. The van der Waals surface area contributed by atoms with Gasteiger partial charge in [0.2, 0.25) is 0 Å². The molecule has 0 saturated heterocycles. The van der Waals surface area contributed by atoms with E-state index >= 15 is 0 Å². The highest BCUT2D eigenvalue weighted by Crippen LogP contribution is 2.17. The van der Waals surface area contributed by atoms with Gasteiger partial charge in [-0.2, -0.15) is 0 Å². The lowest BCUT2D eigenvalue weighted by Crippen LogP contribution is -2.18. The van der Waals surface area contributed by atoms with Crippen molar-refractivity contribution in [1.82, 2.24) is 10.3 Å². The fourth-order valence-corrected chi connectivity index (χ4v) is 1.69. The van der Waals surface area contributed by atoms with Gasteiger partial charge in [0, 0.05) is 30.5 Å². The van der Waals surface area contributed by atoms with Crippen LogP contribution in [0.4, 0.5) is 0 Å². The summed E-state index contributed by atoms with van der Waals surface area (Å²) in [5, 5.41) is 13.0. The fraction of sp³-hybridized carbons (Fsp3) is 0.214. The number of aromatic nitrogens is 1. The minimum absolute atomic E-state index is 0.234. The molecule has 1 atom stereocenters. The highest BCUT2D eigenvalue weighted by Gasteiger charge is 2.05. The van der Waals surface area contributed by atoms with Crippen molar-refractivity contribution in [2.75, 3.05) is 0 Å². The van der Waals surface area contributed by atoms with Crippen molar-refractivity contribution in [3.05, 3.63) is 59.9 Å². The first-order chi connectivity index (χ1) is 8.27. The van der Waals surface area contributed by atoms with Crippen LogP contribution in [0.2, 0.25) is 0 Å². The van der Waals surface area contributed by atoms with E-state index in [1.165, 1.54) is 5.56 Å². The highest BCUT2D eigenvalue weighted by molar-refractivity contribution is 5.31. The van der Waals surface area contributed by atoms with Gasteiger partial charge in [-0.05, 0) is 30.7 Å². The third kappa shape index (κ3) is 3.04. The normalized spacial score (nSPS) is 12.3. The van der Waals surface area contributed by atoms with Gasteiger partial charge in [0.1, 0.15) is 5.75 Å². The number of phenolic OH excluding ortho intramolecular Hbond substituents is 1. The number of nitrogens with zero attached hydrogens (tertiary/aromatic N) is 1. The summed E-state index contributed by atoms with van der Waals surface area (Å²) >= 11 is 0. The zero-order valence-corrected chi connectivity index (χ0v) is 9.80. The average Bonchev–Trinajstić information content (AvgIpc) is 2.38. The monoisotopic (exact) mass is 228 g/mol. The van der Waals surface area contributed by atoms with E-state index in [0.717, 1.165) is 5.56 Å². The second-order valence-electron chi connectivity index (χ2n) is 4.01. The minimum Gasteiger partial charge on any atom is -0.508 e. The summed E-state index contributed by atoms with van der Waals surface area (Å²) in [6.45, 7) is 2.74. The van der Waals surface area contributed by atoms with E-state index in [1.807, 2.05) is 30.3 Å². The maximum absolute atomic E-state index is 9.64. The van der Waals surface area contributed by atoms with Gasteiger partial charge in [0.25, 0.3) is 0 Å². The Balaban J connectivity index is 1.97. The Morgan fingerprint density at radius 3 is 2.59 bits per heavy atom. The molecule has 3 heteroatoms. The summed E-state index contributed by atoms with van der Waals surface area (Å²) in [5.41, 5.74) is 2.10. The Kier molecular flexibility index (Phi) is 3.73. The molecule has 88 valence electrons. The predicted octanol–water partition coefficient (Wildman–Crippen LogP) is 2.64. The molecule has 2 N–H and O–H groups in total. The average molecular weight is 228 g/mol. The molecule has 0 fully saturated rings. The Labute approximate surface area is 101 Å². The van der Waals surface area contributed by atoms with Gasteiger partial charge in [-0.3, -0.25) is 4.98 Å². The molecule has 0 bridgehead atoms. The Morgan fingerprint density at radius 2 is 1.88 bits per heavy atom. The van der Waals surface area contributed by atoms with Crippen LogP contribution in [0.1, 0.15) is 24.1 Å². The molecular formula is C14H16N2O.